The number of halogens is 1. The molecule has 1 amide bonds. The summed E-state index contributed by atoms with van der Waals surface area (Å²) < 4.78 is 16.8. The number of hydrogen-bond acceptors (Lipinski definition) is 7. The van der Waals surface area contributed by atoms with Crippen LogP contribution in [0.2, 0.25) is 0 Å². The number of anilines is 1. The lowest BCUT2D eigenvalue weighted by Crippen LogP contribution is -2.48. The summed E-state index contributed by atoms with van der Waals surface area (Å²) in [6, 6.07) is 10.6. The van der Waals surface area contributed by atoms with E-state index < -0.39 is 5.82 Å². The lowest BCUT2D eigenvalue weighted by atomic mass is 10.0. The Bertz CT molecular complexity index is 1830. The fraction of sp³-hybridized carbons (Fsp3) is 0.172. The Kier molecular flexibility index (Phi) is 6.38. The molecule has 6 rings (SSSR count). The van der Waals surface area contributed by atoms with Crippen LogP contribution < -0.4 is 4.90 Å². The van der Waals surface area contributed by atoms with Crippen LogP contribution in [-0.2, 0) is 11.8 Å². The minimum atomic E-state index is -0.444. The Hall–Kier alpha value is -5.55. The van der Waals surface area contributed by atoms with Gasteiger partial charge in [0.1, 0.15) is 23.4 Å². The van der Waals surface area contributed by atoms with Crippen molar-refractivity contribution in [1.82, 2.24) is 34.3 Å². The average molecular weight is 532 g/mol. The molecule has 40 heavy (non-hydrogen) atoms. The molecule has 0 aliphatic carbocycles. The van der Waals surface area contributed by atoms with Crippen molar-refractivity contribution in [3.05, 3.63) is 84.6 Å². The van der Waals surface area contributed by atoms with E-state index in [0.717, 1.165) is 28.1 Å². The summed E-state index contributed by atoms with van der Waals surface area (Å²) in [5.74, 6) is 5.21. The van der Waals surface area contributed by atoms with Crippen LogP contribution in [0.15, 0.2) is 67.5 Å². The molecule has 5 aromatic rings. The molecule has 1 saturated heterocycles. The predicted molar refractivity (Wildman–Crippen MR) is 145 cm³/mol. The molecule has 0 radical (unpaired) electrons. The van der Waals surface area contributed by atoms with Crippen molar-refractivity contribution < 1.29 is 9.18 Å². The minimum absolute atomic E-state index is 0.220. The third-order valence-electron chi connectivity index (χ3n) is 6.74. The number of piperazine rings is 1. The van der Waals surface area contributed by atoms with Crippen LogP contribution in [0.25, 0.3) is 27.8 Å². The third-order valence-corrected chi connectivity index (χ3v) is 6.74. The first-order chi connectivity index (χ1) is 19.5. The second-order valence-electron chi connectivity index (χ2n) is 9.30. The van der Waals surface area contributed by atoms with Gasteiger partial charge in [-0.1, -0.05) is 0 Å². The van der Waals surface area contributed by atoms with E-state index >= 15 is 0 Å². The fourth-order valence-electron chi connectivity index (χ4n) is 4.69. The van der Waals surface area contributed by atoms with E-state index in [9.17, 15) is 14.4 Å². The van der Waals surface area contributed by atoms with Crippen LogP contribution in [0, 0.1) is 29.0 Å². The maximum Gasteiger partial charge on any atom is 0.299 e. The number of pyridine rings is 3. The molecule has 11 heteroatoms. The van der Waals surface area contributed by atoms with Gasteiger partial charge in [0.05, 0.1) is 23.5 Å². The molecule has 0 saturated carbocycles. The van der Waals surface area contributed by atoms with Crippen molar-refractivity contribution in [1.29, 1.82) is 5.26 Å². The molecule has 0 bridgehead atoms. The van der Waals surface area contributed by atoms with Gasteiger partial charge in [0.25, 0.3) is 5.91 Å². The maximum absolute atomic E-state index is 13.3. The number of hydrogen-bond donors (Lipinski definition) is 0. The van der Waals surface area contributed by atoms with E-state index in [1.807, 2.05) is 37.6 Å². The van der Waals surface area contributed by atoms with Gasteiger partial charge in [-0.2, -0.15) is 15.5 Å². The normalized spacial score (nSPS) is 13.1. The Balaban J connectivity index is 1.20. The Morgan fingerprint density at radius 1 is 0.950 bits per heavy atom. The van der Waals surface area contributed by atoms with E-state index in [2.05, 4.69) is 38.0 Å². The Morgan fingerprint density at radius 3 is 2.50 bits per heavy atom. The molecular formula is C29H22FN9O. The van der Waals surface area contributed by atoms with Gasteiger partial charge in [0, 0.05) is 92.3 Å². The number of aromatic nitrogens is 6. The summed E-state index contributed by atoms with van der Waals surface area (Å²) in [5.41, 5.74) is 4.97. The summed E-state index contributed by atoms with van der Waals surface area (Å²) in [6.45, 7) is 2.17. The van der Waals surface area contributed by atoms with E-state index in [1.165, 1.54) is 18.3 Å². The molecule has 1 fully saturated rings. The molecule has 0 aromatic carbocycles. The lowest BCUT2D eigenvalue weighted by molar-refractivity contribution is -0.125. The number of carbonyl (C=O) groups is 1. The zero-order valence-electron chi connectivity index (χ0n) is 21.5. The summed E-state index contributed by atoms with van der Waals surface area (Å²) in [6.07, 6.45) is 10.3. The molecule has 196 valence electrons. The quantitative estimate of drug-likeness (QED) is 0.330. The Labute approximate surface area is 228 Å². The van der Waals surface area contributed by atoms with Crippen molar-refractivity contribution in [3.8, 4) is 40.2 Å². The van der Waals surface area contributed by atoms with Gasteiger partial charge in [0.15, 0.2) is 0 Å². The highest BCUT2D eigenvalue weighted by atomic mass is 19.1. The Morgan fingerprint density at radius 2 is 1.80 bits per heavy atom. The number of fused-ring (bicyclic) bond motifs is 1. The first-order valence-electron chi connectivity index (χ1n) is 12.5. The van der Waals surface area contributed by atoms with Crippen LogP contribution in [-0.4, -0.2) is 66.3 Å². The predicted octanol–water partition coefficient (Wildman–Crippen LogP) is 2.90. The highest BCUT2D eigenvalue weighted by molar-refractivity contribution is 5.94. The first kappa shape index (κ1) is 24.8. The van der Waals surface area contributed by atoms with Crippen molar-refractivity contribution in [2.24, 2.45) is 7.05 Å². The maximum atomic E-state index is 13.3. The zero-order chi connectivity index (χ0) is 27.6. The second kappa shape index (κ2) is 10.3. The zero-order valence-corrected chi connectivity index (χ0v) is 21.5. The number of nitrogens with zero attached hydrogens (tertiary/aromatic N) is 9. The number of carbonyl (C=O) groups excluding carboxylic acids is 1. The van der Waals surface area contributed by atoms with Crippen molar-refractivity contribution in [3.63, 3.8) is 0 Å². The van der Waals surface area contributed by atoms with Gasteiger partial charge >= 0.3 is 0 Å². The van der Waals surface area contributed by atoms with Gasteiger partial charge in [-0.15, -0.1) is 0 Å². The highest BCUT2D eigenvalue weighted by Gasteiger charge is 2.21. The highest BCUT2D eigenvalue weighted by Crippen LogP contribution is 2.32. The number of nitriles is 1. The minimum Gasteiger partial charge on any atom is -0.353 e. The SMILES string of the molecule is Cn1cc(-c2cc(-c3ccc(N4CCN(C(=O)C#Cc5cc(F)ccn5)CC4)nc3)c3c(C#N)cnn3c2)cn1. The fourth-order valence-corrected chi connectivity index (χ4v) is 4.69. The molecule has 6 heterocycles. The number of aryl methyl sites for hydroxylation is 1. The topological polar surface area (TPSA) is 108 Å². The second-order valence-corrected chi connectivity index (χ2v) is 9.30. The summed E-state index contributed by atoms with van der Waals surface area (Å²) in [4.78, 5) is 25.0. The van der Waals surface area contributed by atoms with Gasteiger partial charge in [-0.05, 0) is 30.2 Å². The third kappa shape index (κ3) is 4.84. The standard InChI is InChI=1S/C29H22FN9O/c1-36-18-23(17-34-36)21-12-26(29-22(14-31)16-35-39(29)19-21)20-2-4-27(33-15-20)37-8-10-38(11-9-37)28(40)5-3-25-13-24(30)6-7-32-25/h2,4,6-7,12-13,15-19H,8-11H2,1H3. The lowest BCUT2D eigenvalue weighted by Gasteiger charge is -2.34. The van der Waals surface area contributed by atoms with Crippen LogP contribution in [0.1, 0.15) is 11.3 Å². The number of rotatable bonds is 3. The van der Waals surface area contributed by atoms with E-state index in [1.54, 1.807) is 32.7 Å². The van der Waals surface area contributed by atoms with E-state index in [0.29, 0.717) is 37.3 Å². The smallest absolute Gasteiger partial charge is 0.299 e. The average Bonchev–Trinajstić information content (AvgIpc) is 3.61. The molecule has 1 aliphatic heterocycles. The van der Waals surface area contributed by atoms with E-state index in [4.69, 9.17) is 4.98 Å². The van der Waals surface area contributed by atoms with Gasteiger partial charge in [0.2, 0.25) is 0 Å². The van der Waals surface area contributed by atoms with Crippen LogP contribution in [0.5, 0.6) is 0 Å². The monoisotopic (exact) mass is 531 g/mol. The largest absolute Gasteiger partial charge is 0.353 e. The summed E-state index contributed by atoms with van der Waals surface area (Å²) in [5, 5.41) is 18.3. The molecule has 5 aromatic heterocycles. The molecular weight excluding hydrogens is 509 g/mol. The van der Waals surface area contributed by atoms with Crippen molar-refractivity contribution >= 4 is 17.2 Å². The van der Waals surface area contributed by atoms with E-state index in [-0.39, 0.29) is 11.6 Å². The van der Waals surface area contributed by atoms with Crippen LogP contribution in [0.4, 0.5) is 10.2 Å². The molecule has 10 nitrogen and oxygen atoms in total. The summed E-state index contributed by atoms with van der Waals surface area (Å²) >= 11 is 0. The molecule has 0 N–H and O–H groups in total. The van der Waals surface area contributed by atoms with Gasteiger partial charge in [-0.3, -0.25) is 9.48 Å². The van der Waals surface area contributed by atoms with Crippen LogP contribution in [0.3, 0.4) is 0 Å². The number of amides is 1. The van der Waals surface area contributed by atoms with Crippen LogP contribution >= 0.6 is 0 Å². The molecule has 0 atom stereocenters. The first-order valence-corrected chi connectivity index (χ1v) is 12.5. The summed E-state index contributed by atoms with van der Waals surface area (Å²) in [7, 11) is 1.86. The van der Waals surface area contributed by atoms with Crippen molar-refractivity contribution in [2.75, 3.05) is 31.1 Å². The molecule has 1 aliphatic rings. The molecule has 0 unspecified atom stereocenters. The van der Waals surface area contributed by atoms with Crippen molar-refractivity contribution in [2.45, 2.75) is 0 Å². The molecule has 0 spiro atoms. The van der Waals surface area contributed by atoms with Gasteiger partial charge in [-0.25, -0.2) is 18.9 Å². The van der Waals surface area contributed by atoms with Gasteiger partial charge < -0.3 is 9.80 Å².